The molecule has 4 aromatic carbocycles. The van der Waals surface area contributed by atoms with Gasteiger partial charge >= 0.3 is 36.2 Å². The number of carboxylic acids is 2. The van der Waals surface area contributed by atoms with Crippen molar-refractivity contribution in [3.63, 3.8) is 0 Å². The van der Waals surface area contributed by atoms with Gasteiger partial charge in [0.25, 0.3) is 11.1 Å². The summed E-state index contributed by atoms with van der Waals surface area (Å²) in [6.07, 6.45) is 0. The zero-order valence-corrected chi connectivity index (χ0v) is 28.1. The van der Waals surface area contributed by atoms with Gasteiger partial charge in [-0.15, -0.1) is 31.8 Å². The summed E-state index contributed by atoms with van der Waals surface area (Å²) in [7, 11) is 0. The fourth-order valence-corrected chi connectivity index (χ4v) is 4.39. The number of aromatic nitrogens is 4. The Morgan fingerprint density at radius 3 is 1.20 bits per heavy atom. The van der Waals surface area contributed by atoms with E-state index in [-0.39, 0.29) is 70.1 Å². The second-order valence-electron chi connectivity index (χ2n) is 9.98. The zero-order chi connectivity index (χ0) is 34.2. The summed E-state index contributed by atoms with van der Waals surface area (Å²) in [5.74, 6) is -2.72. The van der Waals surface area contributed by atoms with E-state index < -0.39 is 23.1 Å². The molecule has 0 N–H and O–H groups in total. The van der Waals surface area contributed by atoms with Gasteiger partial charge in [-0.2, -0.15) is 0 Å². The molecule has 2 aromatic heterocycles. The van der Waals surface area contributed by atoms with E-state index >= 15 is 0 Å². The van der Waals surface area contributed by atoms with Crippen molar-refractivity contribution in [2.45, 2.75) is 13.8 Å². The Balaban J connectivity index is 0.000000260. The first-order chi connectivity index (χ1) is 23.2. The predicted octanol–water partition coefficient (Wildman–Crippen LogP) is 0.766. The van der Waals surface area contributed by atoms with Gasteiger partial charge in [0.15, 0.2) is 0 Å². The minimum Gasteiger partial charge on any atom is -0.589 e. The van der Waals surface area contributed by atoms with Crippen LogP contribution in [0.5, 0.6) is 0 Å². The first-order valence-electron chi connectivity index (χ1n) is 14.2. The van der Waals surface area contributed by atoms with Crippen molar-refractivity contribution in [1.29, 1.82) is 0 Å². The number of para-hydroxylation sites is 2. The van der Waals surface area contributed by atoms with Crippen molar-refractivity contribution >= 4 is 34.7 Å². The van der Waals surface area contributed by atoms with Gasteiger partial charge in [-0.3, -0.25) is 9.59 Å². The number of aromatic carboxylic acids is 2. The Kier molecular flexibility index (Phi) is 13.5. The SMILES string of the molecule is Cc1[n-]n(-c2ccccc2)c(=O)c1N=Nc1ccccc1C(=O)[O-].Cc1[n-]n(-c2ccccc2)c(=O)c1N=Nc1ccccc1C(=O)[O-].[Cr+3].[Li+]. The summed E-state index contributed by atoms with van der Waals surface area (Å²) in [4.78, 5) is 47.0. The van der Waals surface area contributed by atoms with Gasteiger partial charge in [-0.1, -0.05) is 86.6 Å². The molecular weight excluding hydrogens is 675 g/mol. The molecule has 0 bridgehead atoms. The van der Waals surface area contributed by atoms with Crippen LogP contribution in [0.15, 0.2) is 139 Å². The van der Waals surface area contributed by atoms with E-state index in [2.05, 4.69) is 30.7 Å². The molecule has 6 aromatic rings. The smallest absolute Gasteiger partial charge is 0.589 e. The van der Waals surface area contributed by atoms with E-state index in [4.69, 9.17) is 0 Å². The Bertz CT molecular complexity index is 2120. The molecule has 243 valence electrons. The molecule has 0 saturated heterocycles. The van der Waals surface area contributed by atoms with E-state index in [1.807, 2.05) is 12.1 Å². The number of carboxylic acid groups (broad SMARTS) is 2. The standard InChI is InChI=1S/2C17H14N4O3.Cr.Li/c2*1-11-15(16(22)21(20-11)12-7-3-2-4-8-12)19-18-14-10-6-5-9-13(14)17(23)24;;/h2*2-10H,1H3,(H2,18,20,22,23,24);;/q;;+3;+1/p-4. The largest absolute Gasteiger partial charge is 3.00 e. The maximum Gasteiger partial charge on any atom is 3.00 e. The number of carbonyl (C=O) groups excluding carboxylic acids is 2. The molecule has 0 aliphatic heterocycles. The van der Waals surface area contributed by atoms with E-state index in [0.29, 0.717) is 22.8 Å². The van der Waals surface area contributed by atoms with E-state index in [9.17, 15) is 29.4 Å². The number of carbonyl (C=O) groups is 2. The second kappa shape index (κ2) is 17.5. The number of benzene rings is 4. The fourth-order valence-electron chi connectivity index (χ4n) is 4.39. The van der Waals surface area contributed by atoms with Gasteiger partial charge in [0, 0.05) is 22.5 Å². The summed E-state index contributed by atoms with van der Waals surface area (Å²) in [6.45, 7) is 3.28. The topological polar surface area (TPSA) is 202 Å². The Labute approximate surface area is 307 Å². The van der Waals surface area contributed by atoms with Crippen LogP contribution in [0.2, 0.25) is 0 Å². The third kappa shape index (κ3) is 8.79. The average molecular weight is 700 g/mol. The van der Waals surface area contributed by atoms with Gasteiger partial charge in [0.2, 0.25) is 0 Å². The summed E-state index contributed by atoms with van der Waals surface area (Å²) in [5, 5.41) is 46.0. The van der Waals surface area contributed by atoms with Gasteiger partial charge in [0.1, 0.15) is 11.4 Å². The molecule has 1 radical (unpaired) electrons. The predicted molar refractivity (Wildman–Crippen MR) is 170 cm³/mol. The van der Waals surface area contributed by atoms with Crippen LogP contribution in [-0.2, 0) is 17.4 Å². The normalized spacial score (nSPS) is 10.6. The Morgan fingerprint density at radius 2 is 0.860 bits per heavy atom. The van der Waals surface area contributed by atoms with Gasteiger partial charge in [-0.25, -0.2) is 0 Å². The molecule has 0 amide bonds. The van der Waals surface area contributed by atoms with Crippen LogP contribution in [-0.4, -0.2) is 21.3 Å². The summed E-state index contributed by atoms with van der Waals surface area (Å²) < 4.78 is 2.46. The van der Waals surface area contributed by atoms with Crippen LogP contribution in [0.3, 0.4) is 0 Å². The zero-order valence-electron chi connectivity index (χ0n) is 26.8. The Morgan fingerprint density at radius 1 is 0.540 bits per heavy atom. The molecule has 2 heterocycles. The number of hydrogen-bond donors (Lipinski definition) is 0. The van der Waals surface area contributed by atoms with Gasteiger partial charge in [0.05, 0.1) is 23.3 Å². The molecule has 6 rings (SSSR count). The number of hydrogen-bond acceptors (Lipinski definition) is 10. The first-order valence-corrected chi connectivity index (χ1v) is 14.2. The van der Waals surface area contributed by atoms with Crippen molar-refractivity contribution in [3.05, 3.63) is 152 Å². The first kappa shape index (κ1) is 38.6. The van der Waals surface area contributed by atoms with Gasteiger partial charge < -0.3 is 39.4 Å². The molecular formula is C34H24CrLiN8O6. The van der Waals surface area contributed by atoms with Crippen LogP contribution in [0.1, 0.15) is 32.1 Å². The second-order valence-corrected chi connectivity index (χ2v) is 9.98. The maximum absolute atomic E-state index is 12.4. The Hall–Kier alpha value is -5.83. The van der Waals surface area contributed by atoms with Crippen molar-refractivity contribution in [1.82, 2.24) is 19.6 Å². The van der Waals surface area contributed by atoms with Crippen molar-refractivity contribution in [3.8, 4) is 11.4 Å². The molecule has 0 aliphatic rings. The molecule has 0 fully saturated rings. The van der Waals surface area contributed by atoms with Crippen molar-refractivity contribution in [2.24, 2.45) is 20.5 Å². The molecule has 16 heteroatoms. The van der Waals surface area contributed by atoms with Crippen LogP contribution in [0.25, 0.3) is 11.4 Å². The van der Waals surface area contributed by atoms with Crippen LogP contribution in [0.4, 0.5) is 22.7 Å². The quantitative estimate of drug-likeness (QED) is 0.164. The molecule has 0 spiro atoms. The molecule has 14 nitrogen and oxygen atoms in total. The number of aryl methyl sites for hydroxylation is 2. The molecule has 0 aliphatic carbocycles. The van der Waals surface area contributed by atoms with E-state index in [1.54, 1.807) is 86.6 Å². The monoisotopic (exact) mass is 699 g/mol. The van der Waals surface area contributed by atoms with Crippen LogP contribution < -0.4 is 50.4 Å². The van der Waals surface area contributed by atoms with Crippen LogP contribution >= 0.6 is 0 Å². The third-order valence-corrected chi connectivity index (χ3v) is 6.74. The fraction of sp³-hybridized carbons (Fsp3) is 0.0588. The summed E-state index contributed by atoms with van der Waals surface area (Å²) in [5.41, 5.74) is 1.35. The minimum atomic E-state index is -1.36. The molecule has 0 unspecified atom stereocenters. The van der Waals surface area contributed by atoms with Crippen molar-refractivity contribution in [2.75, 3.05) is 0 Å². The molecule has 0 atom stereocenters. The molecule has 50 heavy (non-hydrogen) atoms. The summed E-state index contributed by atoms with van der Waals surface area (Å²) >= 11 is 0. The molecule has 0 saturated carbocycles. The van der Waals surface area contributed by atoms with E-state index in [1.165, 1.54) is 33.6 Å². The third-order valence-electron chi connectivity index (χ3n) is 6.74. The number of azo groups is 2. The van der Waals surface area contributed by atoms with Crippen molar-refractivity contribution < 1.29 is 56.0 Å². The van der Waals surface area contributed by atoms with Gasteiger partial charge in [-0.05, 0) is 36.4 Å². The maximum atomic E-state index is 12.4. The summed E-state index contributed by atoms with van der Waals surface area (Å²) in [6, 6.07) is 29.9. The van der Waals surface area contributed by atoms with Crippen LogP contribution in [0, 0.1) is 13.8 Å². The minimum absolute atomic E-state index is 0. The average Bonchev–Trinajstić information content (AvgIpc) is 3.55. The van der Waals surface area contributed by atoms with E-state index in [0.717, 1.165) is 0 Å². The number of rotatable bonds is 8. The number of nitrogens with zero attached hydrogens (tertiary/aromatic N) is 8.